The van der Waals surface area contributed by atoms with Gasteiger partial charge in [0.25, 0.3) is 0 Å². The van der Waals surface area contributed by atoms with Crippen molar-refractivity contribution in [2.45, 2.75) is 13.3 Å². The van der Waals surface area contributed by atoms with Crippen molar-refractivity contribution in [3.63, 3.8) is 0 Å². The maximum atomic E-state index is 11.2. The van der Waals surface area contributed by atoms with Crippen LogP contribution in [0, 0.1) is 6.92 Å². The van der Waals surface area contributed by atoms with Crippen LogP contribution in [0.2, 0.25) is 0 Å². The molecule has 3 rings (SSSR count). The molecule has 0 spiro atoms. The van der Waals surface area contributed by atoms with Crippen molar-refractivity contribution >= 4 is 15.7 Å². The fraction of sp³-hybridized carbons (Fsp3) is 0.188. The molecular formula is C16H16N4O3S. The lowest BCUT2D eigenvalue weighted by Crippen LogP contribution is -2.09. The minimum absolute atomic E-state index is 0.455. The fourth-order valence-electron chi connectivity index (χ4n) is 2.12. The molecule has 2 heterocycles. The van der Waals surface area contributed by atoms with Gasteiger partial charge in [0.05, 0.1) is 12.7 Å². The topological polar surface area (TPSA) is 98.0 Å². The normalized spacial score (nSPS) is 11.4. The third-order valence-electron chi connectivity index (χ3n) is 3.24. The smallest absolute Gasteiger partial charge is 0.231 e. The molecule has 0 atom stereocenters. The van der Waals surface area contributed by atoms with Crippen LogP contribution < -0.4 is 4.72 Å². The first-order valence-corrected chi connectivity index (χ1v) is 9.10. The van der Waals surface area contributed by atoms with Crippen molar-refractivity contribution < 1.29 is 12.9 Å². The van der Waals surface area contributed by atoms with Crippen LogP contribution in [0.25, 0.3) is 11.4 Å². The van der Waals surface area contributed by atoms with Gasteiger partial charge in [0.1, 0.15) is 0 Å². The van der Waals surface area contributed by atoms with Crippen LogP contribution in [0.15, 0.2) is 47.1 Å². The predicted molar refractivity (Wildman–Crippen MR) is 90.0 cm³/mol. The second-order valence-electron chi connectivity index (χ2n) is 5.45. The molecule has 24 heavy (non-hydrogen) atoms. The molecule has 7 nitrogen and oxygen atoms in total. The number of aromatic nitrogens is 3. The molecule has 1 aromatic carbocycles. The fourth-order valence-corrected chi connectivity index (χ4v) is 2.69. The maximum absolute atomic E-state index is 11.2. The molecule has 0 radical (unpaired) electrons. The average Bonchev–Trinajstić information content (AvgIpc) is 2.97. The lowest BCUT2D eigenvalue weighted by atomic mass is 10.2. The van der Waals surface area contributed by atoms with E-state index >= 15 is 0 Å². The van der Waals surface area contributed by atoms with Crippen molar-refractivity contribution in [1.29, 1.82) is 0 Å². The van der Waals surface area contributed by atoms with Crippen molar-refractivity contribution in [3.8, 4) is 11.4 Å². The second kappa shape index (κ2) is 6.40. The molecular weight excluding hydrogens is 328 g/mol. The number of rotatable bonds is 5. The Bertz CT molecular complexity index is 932. The molecule has 3 aromatic rings. The highest BCUT2D eigenvalue weighted by Gasteiger charge is 2.10. The molecule has 0 bridgehead atoms. The van der Waals surface area contributed by atoms with Gasteiger partial charge >= 0.3 is 0 Å². The quantitative estimate of drug-likeness (QED) is 0.763. The van der Waals surface area contributed by atoms with E-state index < -0.39 is 10.0 Å². The zero-order chi connectivity index (χ0) is 17.2. The lowest BCUT2D eigenvalue weighted by Gasteiger charge is -2.03. The van der Waals surface area contributed by atoms with E-state index in [4.69, 9.17) is 4.52 Å². The van der Waals surface area contributed by atoms with Gasteiger partial charge in [-0.25, -0.2) is 8.42 Å². The zero-order valence-corrected chi connectivity index (χ0v) is 14.0. The molecule has 0 aliphatic rings. The van der Waals surface area contributed by atoms with Crippen LogP contribution in [0.1, 0.15) is 17.1 Å². The Labute approximate surface area is 139 Å². The Balaban J connectivity index is 1.74. The summed E-state index contributed by atoms with van der Waals surface area (Å²) in [6, 6.07) is 10.7. The van der Waals surface area contributed by atoms with Crippen LogP contribution in [0.5, 0.6) is 0 Å². The average molecular weight is 344 g/mol. The van der Waals surface area contributed by atoms with Gasteiger partial charge in [0.15, 0.2) is 0 Å². The second-order valence-corrected chi connectivity index (χ2v) is 7.20. The Hall–Kier alpha value is -2.74. The molecule has 8 heteroatoms. The third kappa shape index (κ3) is 4.17. The SMILES string of the molecule is Cc1ccc(Cc2nc(-c3ccc(NS(C)(=O)=O)cc3)no2)cn1. The molecule has 0 aliphatic carbocycles. The van der Waals surface area contributed by atoms with E-state index in [1.165, 1.54) is 0 Å². The van der Waals surface area contributed by atoms with Crippen LogP contribution in [-0.2, 0) is 16.4 Å². The van der Waals surface area contributed by atoms with Crippen molar-refractivity contribution in [2.24, 2.45) is 0 Å². The van der Waals surface area contributed by atoms with Crippen LogP contribution in [0.3, 0.4) is 0 Å². The number of aryl methyl sites for hydroxylation is 1. The molecule has 2 aromatic heterocycles. The van der Waals surface area contributed by atoms with Gasteiger partial charge in [-0.1, -0.05) is 11.2 Å². The van der Waals surface area contributed by atoms with Gasteiger partial charge in [0, 0.05) is 23.1 Å². The number of hydrogen-bond acceptors (Lipinski definition) is 6. The van der Waals surface area contributed by atoms with Crippen LogP contribution in [-0.4, -0.2) is 29.8 Å². The highest BCUT2D eigenvalue weighted by molar-refractivity contribution is 7.92. The summed E-state index contributed by atoms with van der Waals surface area (Å²) in [5.41, 5.74) is 3.16. The van der Waals surface area contributed by atoms with E-state index in [1.807, 2.05) is 19.1 Å². The van der Waals surface area contributed by atoms with Crippen LogP contribution in [0.4, 0.5) is 5.69 Å². The standard InChI is InChI=1S/C16H16N4O3S/c1-11-3-4-12(10-17-11)9-15-18-16(19-23-15)13-5-7-14(8-6-13)20-24(2,21)22/h3-8,10,20H,9H2,1-2H3. The summed E-state index contributed by atoms with van der Waals surface area (Å²) in [5, 5.41) is 3.96. The number of sulfonamides is 1. The summed E-state index contributed by atoms with van der Waals surface area (Å²) in [4.78, 5) is 8.59. The minimum Gasteiger partial charge on any atom is -0.339 e. The van der Waals surface area contributed by atoms with Gasteiger partial charge in [-0.15, -0.1) is 0 Å². The highest BCUT2D eigenvalue weighted by atomic mass is 32.2. The van der Waals surface area contributed by atoms with Crippen molar-refractivity contribution in [2.75, 3.05) is 11.0 Å². The number of hydrogen-bond donors (Lipinski definition) is 1. The van der Waals surface area contributed by atoms with Gasteiger partial charge in [-0.3, -0.25) is 9.71 Å². The molecule has 0 aliphatic heterocycles. The Morgan fingerprint density at radius 3 is 2.50 bits per heavy atom. The van der Waals surface area contributed by atoms with Gasteiger partial charge in [-0.05, 0) is 42.8 Å². The van der Waals surface area contributed by atoms with E-state index in [0.717, 1.165) is 23.1 Å². The first-order valence-electron chi connectivity index (χ1n) is 7.21. The van der Waals surface area contributed by atoms with Crippen molar-refractivity contribution in [3.05, 3.63) is 59.7 Å². The molecule has 0 saturated heterocycles. The Morgan fingerprint density at radius 1 is 1.12 bits per heavy atom. The largest absolute Gasteiger partial charge is 0.339 e. The Kier molecular flexibility index (Phi) is 4.30. The first kappa shape index (κ1) is 16.1. The number of anilines is 1. The third-order valence-corrected chi connectivity index (χ3v) is 3.85. The first-order chi connectivity index (χ1) is 11.4. The number of nitrogens with zero attached hydrogens (tertiary/aromatic N) is 3. The van der Waals surface area contributed by atoms with Gasteiger partial charge in [-0.2, -0.15) is 4.98 Å². The van der Waals surface area contributed by atoms with E-state index in [-0.39, 0.29) is 0 Å². The molecule has 0 amide bonds. The summed E-state index contributed by atoms with van der Waals surface area (Å²) in [6.45, 7) is 1.93. The summed E-state index contributed by atoms with van der Waals surface area (Å²) < 4.78 is 30.1. The van der Waals surface area contributed by atoms with Gasteiger partial charge in [0.2, 0.25) is 21.7 Å². The lowest BCUT2D eigenvalue weighted by molar-refractivity contribution is 0.385. The zero-order valence-electron chi connectivity index (χ0n) is 13.2. The predicted octanol–water partition coefficient (Wildman–Crippen LogP) is 2.40. The van der Waals surface area contributed by atoms with E-state index in [0.29, 0.717) is 23.8 Å². The highest BCUT2D eigenvalue weighted by Crippen LogP contribution is 2.20. The van der Waals surface area contributed by atoms with E-state index in [1.54, 1.807) is 30.5 Å². The Morgan fingerprint density at radius 2 is 1.88 bits per heavy atom. The number of pyridine rings is 1. The maximum Gasteiger partial charge on any atom is 0.231 e. The summed E-state index contributed by atoms with van der Waals surface area (Å²) >= 11 is 0. The molecule has 1 N–H and O–H groups in total. The summed E-state index contributed by atoms with van der Waals surface area (Å²) in [6.07, 6.45) is 3.39. The molecule has 0 fully saturated rings. The monoisotopic (exact) mass is 344 g/mol. The molecule has 0 unspecified atom stereocenters. The van der Waals surface area contributed by atoms with Crippen molar-refractivity contribution in [1.82, 2.24) is 15.1 Å². The minimum atomic E-state index is -3.29. The van der Waals surface area contributed by atoms with Crippen LogP contribution >= 0.6 is 0 Å². The number of benzene rings is 1. The van der Waals surface area contributed by atoms with Gasteiger partial charge < -0.3 is 4.52 Å². The number of nitrogens with one attached hydrogen (secondary N) is 1. The van der Waals surface area contributed by atoms with E-state index in [2.05, 4.69) is 19.8 Å². The van der Waals surface area contributed by atoms with E-state index in [9.17, 15) is 8.42 Å². The summed E-state index contributed by atoms with van der Waals surface area (Å²) in [5.74, 6) is 0.949. The molecule has 0 saturated carbocycles. The molecule has 124 valence electrons. The summed E-state index contributed by atoms with van der Waals surface area (Å²) in [7, 11) is -3.29.